The van der Waals surface area contributed by atoms with E-state index in [0.29, 0.717) is 6.54 Å². The van der Waals surface area contributed by atoms with Gasteiger partial charge in [0.25, 0.3) is 5.70 Å². The number of ether oxygens (including phenoxy) is 2. The molecule has 1 aromatic carbocycles. The van der Waals surface area contributed by atoms with E-state index < -0.39 is 4.92 Å². The van der Waals surface area contributed by atoms with E-state index >= 15 is 0 Å². The number of esters is 1. The first-order valence-electron chi connectivity index (χ1n) is 11.2. The summed E-state index contributed by atoms with van der Waals surface area (Å²) in [5.74, 6) is -0.379. The van der Waals surface area contributed by atoms with Gasteiger partial charge in [0.1, 0.15) is 12.7 Å². The lowest BCUT2D eigenvalue weighted by Gasteiger charge is -2.20. The number of hydrogen-bond donors (Lipinski definition) is 0. The van der Waals surface area contributed by atoms with Crippen LogP contribution in [-0.4, -0.2) is 65.9 Å². The zero-order chi connectivity index (χ0) is 24.1. The van der Waals surface area contributed by atoms with Gasteiger partial charge in [-0.05, 0) is 50.9 Å². The standard InChI is InChI=1S/C23H33N5O5/c1-4-32-22(29)17-27(18-25-23(33-5-2)24-14-19(3)28(30)31)16-21-10-8-9-20(13-21)15-26-11-6-7-12-26/h8-10,13-14,18H,4-7,11-12,15-17H2,1-3H3/b19-14+,24-23-,25-18+. The molecule has 0 N–H and O–H groups in total. The Kier molecular flexibility index (Phi) is 11.0. The molecular weight excluding hydrogens is 426 g/mol. The minimum atomic E-state index is -0.543. The minimum absolute atomic E-state index is 0.00311. The van der Waals surface area contributed by atoms with Crippen LogP contribution in [0.4, 0.5) is 0 Å². The molecule has 0 atom stereocenters. The van der Waals surface area contributed by atoms with Crippen molar-refractivity contribution in [3.05, 3.63) is 57.4 Å². The maximum absolute atomic E-state index is 12.1. The fourth-order valence-electron chi connectivity index (χ4n) is 3.33. The Morgan fingerprint density at radius 3 is 2.58 bits per heavy atom. The number of nitro groups is 1. The number of benzene rings is 1. The summed E-state index contributed by atoms with van der Waals surface area (Å²) in [4.78, 5) is 34.6. The molecule has 0 bridgehead atoms. The smallest absolute Gasteiger partial charge is 0.325 e. The molecule has 0 amide bonds. The Morgan fingerprint density at radius 1 is 1.21 bits per heavy atom. The summed E-state index contributed by atoms with van der Waals surface area (Å²) in [5, 5.41) is 10.8. The maximum atomic E-state index is 12.1. The second-order valence-electron chi connectivity index (χ2n) is 7.63. The van der Waals surface area contributed by atoms with Crippen LogP contribution in [0.3, 0.4) is 0 Å². The van der Waals surface area contributed by atoms with Crippen molar-refractivity contribution in [1.82, 2.24) is 9.80 Å². The predicted molar refractivity (Wildman–Crippen MR) is 126 cm³/mol. The van der Waals surface area contributed by atoms with E-state index in [4.69, 9.17) is 9.47 Å². The van der Waals surface area contributed by atoms with Crippen molar-refractivity contribution in [1.29, 1.82) is 0 Å². The average molecular weight is 460 g/mol. The predicted octanol–water partition coefficient (Wildman–Crippen LogP) is 3.21. The Hall–Kier alpha value is -3.27. The molecule has 1 fully saturated rings. The highest BCUT2D eigenvalue weighted by Crippen LogP contribution is 2.15. The Balaban J connectivity index is 2.17. The topological polar surface area (TPSA) is 110 Å². The van der Waals surface area contributed by atoms with Crippen molar-refractivity contribution in [3.8, 4) is 0 Å². The number of rotatable bonds is 11. The molecule has 10 heteroatoms. The van der Waals surface area contributed by atoms with Gasteiger partial charge < -0.3 is 14.4 Å². The first kappa shape index (κ1) is 26.0. The third-order valence-electron chi connectivity index (χ3n) is 4.87. The van der Waals surface area contributed by atoms with Gasteiger partial charge in [-0.2, -0.15) is 9.98 Å². The molecule has 1 heterocycles. The molecule has 0 aliphatic carbocycles. The van der Waals surface area contributed by atoms with E-state index in [2.05, 4.69) is 27.0 Å². The summed E-state index contributed by atoms with van der Waals surface area (Å²) in [7, 11) is 0. The van der Waals surface area contributed by atoms with Gasteiger partial charge in [-0.15, -0.1) is 0 Å². The van der Waals surface area contributed by atoms with Crippen LogP contribution in [-0.2, 0) is 27.4 Å². The zero-order valence-electron chi connectivity index (χ0n) is 19.6. The molecule has 1 saturated heterocycles. The number of carbonyl (C=O) groups is 1. The van der Waals surface area contributed by atoms with Crippen molar-refractivity contribution >= 4 is 18.3 Å². The normalized spacial score (nSPS) is 15.1. The minimum Gasteiger partial charge on any atom is -0.465 e. The van der Waals surface area contributed by atoms with Gasteiger partial charge in [-0.1, -0.05) is 24.3 Å². The summed E-state index contributed by atoms with van der Waals surface area (Å²) in [6.45, 7) is 8.99. The lowest BCUT2D eigenvalue weighted by atomic mass is 10.1. The van der Waals surface area contributed by atoms with Crippen molar-refractivity contribution < 1.29 is 19.2 Å². The Morgan fingerprint density at radius 2 is 1.91 bits per heavy atom. The quantitative estimate of drug-likeness (QED) is 0.164. The molecule has 1 aromatic rings. The highest BCUT2D eigenvalue weighted by molar-refractivity contribution is 5.84. The Labute approximate surface area is 194 Å². The average Bonchev–Trinajstić information content (AvgIpc) is 3.28. The van der Waals surface area contributed by atoms with E-state index in [9.17, 15) is 14.9 Å². The van der Waals surface area contributed by atoms with Crippen LogP contribution >= 0.6 is 0 Å². The van der Waals surface area contributed by atoms with Gasteiger partial charge in [0.15, 0.2) is 0 Å². The SMILES string of the molecule is CCOC(=O)CN(/C=N/C(=N/C=C(\C)[N+](=O)[O-])OCC)Cc1cccc(CN2CCCC2)c1. The molecule has 0 radical (unpaired) electrons. The van der Waals surface area contributed by atoms with Crippen molar-refractivity contribution in [2.75, 3.05) is 32.8 Å². The van der Waals surface area contributed by atoms with E-state index in [1.165, 1.54) is 31.7 Å². The van der Waals surface area contributed by atoms with Gasteiger partial charge in [0, 0.05) is 20.0 Å². The van der Waals surface area contributed by atoms with Crippen LogP contribution in [0.1, 0.15) is 44.7 Å². The number of nitrogens with zero attached hydrogens (tertiary/aromatic N) is 5. The fraction of sp³-hybridized carbons (Fsp3) is 0.522. The van der Waals surface area contributed by atoms with Crippen LogP contribution < -0.4 is 0 Å². The van der Waals surface area contributed by atoms with Crippen molar-refractivity contribution in [3.63, 3.8) is 0 Å². The first-order chi connectivity index (χ1) is 15.9. The number of aliphatic imine (C=N–C) groups is 2. The molecule has 10 nitrogen and oxygen atoms in total. The number of amidine groups is 1. The van der Waals surface area contributed by atoms with Gasteiger partial charge in [0.2, 0.25) is 0 Å². The summed E-state index contributed by atoms with van der Waals surface area (Å²) >= 11 is 0. The van der Waals surface area contributed by atoms with E-state index in [-0.39, 0.29) is 37.4 Å². The molecule has 0 spiro atoms. The van der Waals surface area contributed by atoms with Crippen LogP contribution in [0, 0.1) is 10.1 Å². The van der Waals surface area contributed by atoms with E-state index in [1.54, 1.807) is 18.7 Å². The number of carbonyl (C=O) groups excluding carboxylic acids is 1. The third-order valence-corrected chi connectivity index (χ3v) is 4.87. The fourth-order valence-corrected chi connectivity index (χ4v) is 3.33. The number of hydrogen-bond acceptors (Lipinski definition) is 7. The van der Waals surface area contributed by atoms with Crippen LogP contribution in [0.25, 0.3) is 0 Å². The largest absolute Gasteiger partial charge is 0.465 e. The first-order valence-corrected chi connectivity index (χ1v) is 11.2. The molecule has 0 aromatic heterocycles. The second-order valence-corrected chi connectivity index (χ2v) is 7.63. The molecule has 2 rings (SSSR count). The lowest BCUT2D eigenvalue weighted by molar-refractivity contribution is -0.424. The van der Waals surface area contributed by atoms with Gasteiger partial charge in [-0.3, -0.25) is 19.8 Å². The van der Waals surface area contributed by atoms with Gasteiger partial charge >= 0.3 is 12.0 Å². The monoisotopic (exact) mass is 459 g/mol. The molecule has 1 aliphatic rings. The summed E-state index contributed by atoms with van der Waals surface area (Å²) < 4.78 is 10.4. The second kappa shape index (κ2) is 14.0. The molecule has 0 unspecified atom stereocenters. The van der Waals surface area contributed by atoms with Crippen LogP contribution in [0.15, 0.2) is 46.1 Å². The molecular formula is C23H33N5O5. The van der Waals surface area contributed by atoms with E-state index in [0.717, 1.165) is 31.4 Å². The third kappa shape index (κ3) is 9.82. The van der Waals surface area contributed by atoms with E-state index in [1.807, 2.05) is 12.1 Å². The summed E-state index contributed by atoms with van der Waals surface area (Å²) in [5.41, 5.74) is 2.11. The van der Waals surface area contributed by atoms with Gasteiger partial charge in [-0.25, -0.2) is 0 Å². The molecule has 0 saturated carbocycles. The number of likely N-dealkylation sites (tertiary alicyclic amines) is 1. The summed E-state index contributed by atoms with van der Waals surface area (Å²) in [6, 6.07) is 8.22. The lowest BCUT2D eigenvalue weighted by Crippen LogP contribution is -2.30. The number of allylic oxidation sites excluding steroid dienone is 1. The van der Waals surface area contributed by atoms with Crippen molar-refractivity contribution in [2.24, 2.45) is 9.98 Å². The Bertz CT molecular complexity index is 878. The highest BCUT2D eigenvalue weighted by Gasteiger charge is 2.13. The molecule has 180 valence electrons. The van der Waals surface area contributed by atoms with Crippen molar-refractivity contribution in [2.45, 2.75) is 46.7 Å². The zero-order valence-corrected chi connectivity index (χ0v) is 19.6. The maximum Gasteiger partial charge on any atom is 0.325 e. The molecule has 33 heavy (non-hydrogen) atoms. The van der Waals surface area contributed by atoms with Gasteiger partial charge in [0.05, 0.1) is 24.5 Å². The highest BCUT2D eigenvalue weighted by atomic mass is 16.6. The summed E-state index contributed by atoms with van der Waals surface area (Å²) in [6.07, 6.45) is 5.01. The van der Waals surface area contributed by atoms with Crippen LogP contribution in [0.5, 0.6) is 0 Å². The molecule has 1 aliphatic heterocycles. The van der Waals surface area contributed by atoms with Crippen LogP contribution in [0.2, 0.25) is 0 Å².